The summed E-state index contributed by atoms with van der Waals surface area (Å²) in [6, 6.07) is 5.53. The summed E-state index contributed by atoms with van der Waals surface area (Å²) in [4.78, 5) is 8.58. The molecule has 4 rings (SSSR count). The predicted octanol–water partition coefficient (Wildman–Crippen LogP) is 5.80. The summed E-state index contributed by atoms with van der Waals surface area (Å²) >= 11 is 5.91. The van der Waals surface area contributed by atoms with Crippen molar-refractivity contribution in [2.45, 2.75) is 38.3 Å². The van der Waals surface area contributed by atoms with Crippen LogP contribution in [0.15, 0.2) is 54.3 Å². The van der Waals surface area contributed by atoms with E-state index in [1.165, 1.54) is 6.08 Å². The van der Waals surface area contributed by atoms with E-state index >= 15 is 0 Å². The molecule has 0 fully saturated rings. The van der Waals surface area contributed by atoms with E-state index < -0.39 is 12.0 Å². The Morgan fingerprint density at radius 2 is 2.22 bits per heavy atom. The Bertz CT molecular complexity index is 1160. The van der Waals surface area contributed by atoms with Crippen LogP contribution < -0.4 is 10.1 Å². The number of alkyl halides is 1. The maximum atomic E-state index is 13.9. The van der Waals surface area contributed by atoms with Crippen LogP contribution >= 0.6 is 11.6 Å². The van der Waals surface area contributed by atoms with Gasteiger partial charge in [0.2, 0.25) is 5.95 Å². The molecule has 1 aliphatic rings. The Labute approximate surface area is 189 Å². The van der Waals surface area contributed by atoms with Gasteiger partial charge in [-0.1, -0.05) is 36.6 Å². The number of hydrogen-bond acceptors (Lipinski definition) is 5. The van der Waals surface area contributed by atoms with Gasteiger partial charge in [0, 0.05) is 30.3 Å². The average molecular weight is 461 g/mol. The standard InChI is InChI=1S/C22H23ClF2N6O/c1-3-4-15(13-5-7-16(24)17(25)9-13)21-28-22(30-29-21)27-14-6-8-18(19(10-14)32-2)31-11-20(23)26-12-31/h5-8,10-12,15,17H,3-4,9H2,1-2H3,(H2,27,28,29,30)/t15-,17?/m0/s1. The van der Waals surface area contributed by atoms with Gasteiger partial charge in [0.1, 0.15) is 28.9 Å². The number of halogens is 3. The monoisotopic (exact) mass is 460 g/mol. The number of rotatable bonds is 8. The third-order valence-corrected chi connectivity index (χ3v) is 5.49. The van der Waals surface area contributed by atoms with Crippen LogP contribution in [0.5, 0.6) is 5.75 Å². The normalized spacial score (nSPS) is 17.0. The third-order valence-electron chi connectivity index (χ3n) is 5.29. The van der Waals surface area contributed by atoms with E-state index in [2.05, 4.69) is 25.5 Å². The number of nitrogens with zero attached hydrogens (tertiary/aromatic N) is 4. The molecule has 0 aliphatic heterocycles. The lowest BCUT2D eigenvalue weighted by atomic mass is 9.87. The Kier molecular flexibility index (Phi) is 6.55. The molecule has 2 atom stereocenters. The van der Waals surface area contributed by atoms with E-state index in [0.717, 1.165) is 29.8 Å². The van der Waals surface area contributed by atoms with Crippen molar-refractivity contribution in [3.63, 3.8) is 0 Å². The molecule has 1 aliphatic carbocycles. The number of anilines is 2. The molecule has 0 amide bonds. The molecule has 1 aromatic carbocycles. The molecule has 7 nitrogen and oxygen atoms in total. The molecule has 2 aromatic heterocycles. The largest absolute Gasteiger partial charge is 0.494 e. The van der Waals surface area contributed by atoms with Crippen molar-refractivity contribution >= 4 is 23.2 Å². The van der Waals surface area contributed by atoms with Crippen LogP contribution in [-0.2, 0) is 0 Å². The lowest BCUT2D eigenvalue weighted by Crippen LogP contribution is -2.13. The Balaban J connectivity index is 1.54. The number of benzene rings is 1. The topological polar surface area (TPSA) is 80.7 Å². The molecule has 10 heteroatoms. The summed E-state index contributed by atoms with van der Waals surface area (Å²) in [5, 5.41) is 10.7. The molecule has 2 heterocycles. The van der Waals surface area contributed by atoms with Crippen LogP contribution in [0.1, 0.15) is 37.9 Å². The van der Waals surface area contributed by atoms with Gasteiger partial charge in [-0.05, 0) is 24.6 Å². The molecular weight excluding hydrogens is 438 g/mol. The molecule has 0 saturated heterocycles. The van der Waals surface area contributed by atoms with E-state index in [0.29, 0.717) is 22.7 Å². The van der Waals surface area contributed by atoms with E-state index in [1.54, 1.807) is 30.3 Å². The lowest BCUT2D eigenvalue weighted by molar-refractivity contribution is 0.314. The number of methoxy groups -OCH3 is 1. The van der Waals surface area contributed by atoms with Crippen LogP contribution in [0.3, 0.4) is 0 Å². The smallest absolute Gasteiger partial charge is 0.246 e. The van der Waals surface area contributed by atoms with Crippen molar-refractivity contribution in [3.8, 4) is 11.4 Å². The summed E-state index contributed by atoms with van der Waals surface area (Å²) in [6.07, 6.45) is 6.16. The van der Waals surface area contributed by atoms with E-state index in [-0.39, 0.29) is 12.3 Å². The summed E-state index contributed by atoms with van der Waals surface area (Å²) < 4.78 is 34.6. The number of ether oxygens (including phenoxy) is 1. The molecular formula is C22H23ClF2N6O. The Hall–Kier alpha value is -3.20. The van der Waals surface area contributed by atoms with Gasteiger partial charge in [-0.25, -0.2) is 13.8 Å². The Morgan fingerprint density at radius 3 is 2.91 bits per heavy atom. The van der Waals surface area contributed by atoms with E-state index in [9.17, 15) is 8.78 Å². The second-order valence-corrected chi connectivity index (χ2v) is 7.85. The fraction of sp³-hybridized carbons (Fsp3) is 0.318. The highest BCUT2D eigenvalue weighted by molar-refractivity contribution is 6.29. The fourth-order valence-corrected chi connectivity index (χ4v) is 3.87. The summed E-state index contributed by atoms with van der Waals surface area (Å²) in [7, 11) is 1.58. The van der Waals surface area contributed by atoms with Gasteiger partial charge < -0.3 is 14.6 Å². The number of aromatic nitrogens is 5. The van der Waals surface area contributed by atoms with Gasteiger partial charge in [-0.2, -0.15) is 4.98 Å². The van der Waals surface area contributed by atoms with Gasteiger partial charge >= 0.3 is 0 Å². The van der Waals surface area contributed by atoms with Gasteiger partial charge in [0.25, 0.3) is 0 Å². The van der Waals surface area contributed by atoms with E-state index in [4.69, 9.17) is 16.3 Å². The number of aromatic amines is 1. The average Bonchev–Trinajstić information content (AvgIpc) is 3.43. The molecule has 0 bridgehead atoms. The maximum Gasteiger partial charge on any atom is 0.246 e. The number of H-pyrrole nitrogens is 1. The predicted molar refractivity (Wildman–Crippen MR) is 119 cm³/mol. The van der Waals surface area contributed by atoms with Crippen molar-refractivity contribution < 1.29 is 13.5 Å². The van der Waals surface area contributed by atoms with Gasteiger partial charge in [0.15, 0.2) is 6.17 Å². The zero-order valence-corrected chi connectivity index (χ0v) is 18.4. The number of allylic oxidation sites excluding steroid dienone is 4. The third kappa shape index (κ3) is 4.67. The number of hydrogen-bond donors (Lipinski definition) is 2. The van der Waals surface area contributed by atoms with Crippen molar-refractivity contribution in [2.75, 3.05) is 12.4 Å². The summed E-state index contributed by atoms with van der Waals surface area (Å²) in [5.74, 6) is 0.698. The SMILES string of the molecule is CCC[C@@H](C1=CC=C(F)C(F)C1)c1nc(Nc2ccc(-n3cnc(Cl)c3)c(OC)c2)n[nH]1. The van der Waals surface area contributed by atoms with Crippen LogP contribution in [0, 0.1) is 0 Å². The summed E-state index contributed by atoms with van der Waals surface area (Å²) in [6.45, 7) is 2.04. The lowest BCUT2D eigenvalue weighted by Gasteiger charge is -2.21. The molecule has 32 heavy (non-hydrogen) atoms. The highest BCUT2D eigenvalue weighted by Crippen LogP contribution is 2.35. The molecule has 3 aromatic rings. The van der Waals surface area contributed by atoms with Gasteiger partial charge in [-0.3, -0.25) is 5.10 Å². The molecule has 0 spiro atoms. The number of nitrogens with one attached hydrogen (secondary N) is 2. The maximum absolute atomic E-state index is 13.9. The first-order chi connectivity index (χ1) is 15.5. The first kappa shape index (κ1) is 22.0. The molecule has 1 unspecified atom stereocenters. The van der Waals surface area contributed by atoms with Crippen molar-refractivity contribution in [3.05, 3.63) is 65.3 Å². The van der Waals surface area contributed by atoms with Gasteiger partial charge in [0.05, 0.1) is 12.8 Å². The highest BCUT2D eigenvalue weighted by Gasteiger charge is 2.26. The van der Waals surface area contributed by atoms with Crippen LogP contribution in [0.4, 0.5) is 20.4 Å². The second-order valence-electron chi connectivity index (χ2n) is 7.47. The van der Waals surface area contributed by atoms with Crippen LogP contribution in [-0.4, -0.2) is 38.0 Å². The zero-order valence-electron chi connectivity index (χ0n) is 17.6. The molecule has 168 valence electrons. The minimum absolute atomic E-state index is 0.0212. The quantitative estimate of drug-likeness (QED) is 0.444. The second kappa shape index (κ2) is 9.52. The van der Waals surface area contributed by atoms with Crippen LogP contribution in [0.25, 0.3) is 5.69 Å². The first-order valence-corrected chi connectivity index (χ1v) is 10.6. The minimum atomic E-state index is -1.61. The highest BCUT2D eigenvalue weighted by atomic mass is 35.5. The summed E-state index contributed by atoms with van der Waals surface area (Å²) in [5.41, 5.74) is 2.30. The fourth-order valence-electron chi connectivity index (χ4n) is 3.72. The molecule has 2 N–H and O–H groups in total. The van der Waals surface area contributed by atoms with Crippen molar-refractivity contribution in [1.82, 2.24) is 24.7 Å². The zero-order chi connectivity index (χ0) is 22.7. The van der Waals surface area contributed by atoms with Gasteiger partial charge in [-0.15, -0.1) is 5.10 Å². The van der Waals surface area contributed by atoms with Crippen molar-refractivity contribution in [1.29, 1.82) is 0 Å². The Morgan fingerprint density at radius 1 is 1.38 bits per heavy atom. The van der Waals surface area contributed by atoms with E-state index in [1.807, 2.05) is 25.1 Å². The first-order valence-electron chi connectivity index (χ1n) is 10.3. The molecule has 0 saturated carbocycles. The van der Waals surface area contributed by atoms with Crippen LogP contribution in [0.2, 0.25) is 5.15 Å². The molecule has 0 radical (unpaired) electrons. The number of imidazole rings is 1. The van der Waals surface area contributed by atoms with Crippen molar-refractivity contribution in [2.24, 2.45) is 0 Å². The minimum Gasteiger partial charge on any atom is -0.494 e.